The van der Waals surface area contributed by atoms with E-state index in [4.69, 9.17) is 4.74 Å². The summed E-state index contributed by atoms with van der Waals surface area (Å²) in [6.45, 7) is 3.11. The fourth-order valence-electron chi connectivity index (χ4n) is 2.03. The minimum atomic E-state index is 0.892. The quantitative estimate of drug-likeness (QED) is 0.823. The van der Waals surface area contributed by atoms with E-state index in [2.05, 4.69) is 29.8 Å². The first-order chi connectivity index (χ1) is 8.81. The molecule has 2 aromatic rings. The van der Waals surface area contributed by atoms with Crippen LogP contribution >= 0.6 is 11.9 Å². The van der Waals surface area contributed by atoms with Crippen molar-refractivity contribution in [1.82, 2.24) is 4.72 Å². The summed E-state index contributed by atoms with van der Waals surface area (Å²) in [5, 5.41) is 0. The molecule has 0 saturated carbocycles. The van der Waals surface area contributed by atoms with Gasteiger partial charge in [-0.15, -0.1) is 0 Å². The highest BCUT2D eigenvalue weighted by Crippen LogP contribution is 2.31. The van der Waals surface area contributed by atoms with Gasteiger partial charge in [-0.25, -0.2) is 0 Å². The van der Waals surface area contributed by atoms with Crippen LogP contribution in [0.15, 0.2) is 47.4 Å². The number of fused-ring (bicyclic) bond motifs is 1. The SMILES string of the molecule is Cc1cccc(Oc2ccc3c(c2)SNCC3)c1. The van der Waals surface area contributed by atoms with Gasteiger partial charge in [0.25, 0.3) is 0 Å². The number of hydrogen-bond donors (Lipinski definition) is 1. The molecular weight excluding hydrogens is 242 g/mol. The van der Waals surface area contributed by atoms with E-state index in [0.717, 1.165) is 24.5 Å². The maximum absolute atomic E-state index is 5.88. The van der Waals surface area contributed by atoms with Gasteiger partial charge < -0.3 is 4.74 Å². The van der Waals surface area contributed by atoms with Crippen LogP contribution in [0.1, 0.15) is 11.1 Å². The summed E-state index contributed by atoms with van der Waals surface area (Å²) in [5.74, 6) is 1.79. The highest BCUT2D eigenvalue weighted by atomic mass is 32.2. The van der Waals surface area contributed by atoms with E-state index >= 15 is 0 Å². The van der Waals surface area contributed by atoms with Gasteiger partial charge in [0.2, 0.25) is 0 Å². The van der Waals surface area contributed by atoms with Crippen LogP contribution in [0, 0.1) is 6.92 Å². The summed E-state index contributed by atoms with van der Waals surface area (Å²) < 4.78 is 9.19. The van der Waals surface area contributed by atoms with E-state index < -0.39 is 0 Å². The predicted molar refractivity (Wildman–Crippen MR) is 75.3 cm³/mol. The van der Waals surface area contributed by atoms with Crippen molar-refractivity contribution in [3.8, 4) is 11.5 Å². The van der Waals surface area contributed by atoms with E-state index in [1.54, 1.807) is 11.9 Å². The van der Waals surface area contributed by atoms with E-state index in [9.17, 15) is 0 Å². The Morgan fingerprint density at radius 1 is 1.11 bits per heavy atom. The van der Waals surface area contributed by atoms with Crippen LogP contribution in [-0.4, -0.2) is 6.54 Å². The van der Waals surface area contributed by atoms with Gasteiger partial charge in [0, 0.05) is 11.4 Å². The minimum absolute atomic E-state index is 0.892. The number of benzene rings is 2. The molecule has 1 heterocycles. The second-order valence-corrected chi connectivity index (χ2v) is 5.37. The Bertz CT molecular complexity index is 568. The van der Waals surface area contributed by atoms with Crippen molar-refractivity contribution in [2.45, 2.75) is 18.2 Å². The molecule has 0 bridgehead atoms. The maximum atomic E-state index is 5.88. The number of ether oxygens (including phenoxy) is 1. The van der Waals surface area contributed by atoms with Crippen molar-refractivity contribution in [2.24, 2.45) is 0 Å². The average molecular weight is 257 g/mol. The highest BCUT2D eigenvalue weighted by molar-refractivity contribution is 7.97. The first-order valence-electron chi connectivity index (χ1n) is 6.08. The lowest BCUT2D eigenvalue weighted by molar-refractivity contribution is 0.480. The van der Waals surface area contributed by atoms with Crippen LogP contribution in [0.5, 0.6) is 11.5 Å². The molecule has 3 heteroatoms. The Hall–Kier alpha value is -1.45. The van der Waals surface area contributed by atoms with Crippen molar-refractivity contribution < 1.29 is 4.74 Å². The third-order valence-corrected chi connectivity index (χ3v) is 3.89. The molecule has 1 aliphatic heterocycles. The molecule has 1 aliphatic rings. The van der Waals surface area contributed by atoms with Gasteiger partial charge in [-0.2, -0.15) is 0 Å². The Morgan fingerprint density at radius 2 is 2.00 bits per heavy atom. The molecule has 0 atom stereocenters. The van der Waals surface area contributed by atoms with Crippen molar-refractivity contribution in [1.29, 1.82) is 0 Å². The summed E-state index contributed by atoms with van der Waals surface area (Å²) >= 11 is 1.69. The summed E-state index contributed by atoms with van der Waals surface area (Å²) in [6.07, 6.45) is 1.09. The molecule has 2 nitrogen and oxygen atoms in total. The average Bonchev–Trinajstić information content (AvgIpc) is 2.39. The lowest BCUT2D eigenvalue weighted by Crippen LogP contribution is -2.14. The van der Waals surface area contributed by atoms with E-state index in [1.165, 1.54) is 16.0 Å². The molecular formula is C15H15NOS. The van der Waals surface area contributed by atoms with Gasteiger partial charge >= 0.3 is 0 Å². The molecule has 0 fully saturated rings. The molecule has 0 unspecified atom stereocenters. The number of aryl methyl sites for hydroxylation is 1. The largest absolute Gasteiger partial charge is 0.457 e. The summed E-state index contributed by atoms with van der Waals surface area (Å²) in [4.78, 5) is 1.27. The summed E-state index contributed by atoms with van der Waals surface area (Å²) in [6, 6.07) is 14.4. The second-order valence-electron chi connectivity index (χ2n) is 4.43. The normalized spacial score (nSPS) is 14.1. The predicted octanol–water partition coefficient (Wildman–Crippen LogP) is 3.94. The Balaban J connectivity index is 1.85. The Labute approximate surface area is 111 Å². The molecule has 0 saturated heterocycles. The standard InChI is InChI=1S/C15H15NOS/c1-11-3-2-4-13(9-11)17-14-6-5-12-7-8-16-18-15(12)10-14/h2-6,9-10,16H,7-8H2,1H3. The lowest BCUT2D eigenvalue weighted by atomic mass is 10.1. The van der Waals surface area contributed by atoms with Crippen LogP contribution in [0.3, 0.4) is 0 Å². The van der Waals surface area contributed by atoms with Gasteiger partial charge in [0.05, 0.1) is 0 Å². The lowest BCUT2D eigenvalue weighted by Gasteiger charge is -2.17. The van der Waals surface area contributed by atoms with Gasteiger partial charge in [-0.3, -0.25) is 4.72 Å². The van der Waals surface area contributed by atoms with E-state index in [1.807, 2.05) is 24.3 Å². The first-order valence-corrected chi connectivity index (χ1v) is 6.90. The third kappa shape index (κ3) is 2.52. The van der Waals surface area contributed by atoms with Crippen molar-refractivity contribution in [3.05, 3.63) is 53.6 Å². The smallest absolute Gasteiger partial charge is 0.128 e. The molecule has 0 radical (unpaired) electrons. The third-order valence-electron chi connectivity index (χ3n) is 2.94. The molecule has 2 aromatic carbocycles. The van der Waals surface area contributed by atoms with Crippen LogP contribution in [0.4, 0.5) is 0 Å². The molecule has 3 rings (SSSR count). The van der Waals surface area contributed by atoms with Gasteiger partial charge in [-0.1, -0.05) is 18.2 Å². The fourth-order valence-corrected chi connectivity index (χ4v) is 2.87. The first kappa shape index (κ1) is 11.6. The maximum Gasteiger partial charge on any atom is 0.128 e. The molecule has 0 aromatic heterocycles. The molecule has 0 aliphatic carbocycles. The zero-order chi connectivity index (χ0) is 12.4. The van der Waals surface area contributed by atoms with Crippen LogP contribution in [-0.2, 0) is 6.42 Å². The molecule has 0 amide bonds. The van der Waals surface area contributed by atoms with Crippen LogP contribution in [0.2, 0.25) is 0 Å². The van der Waals surface area contributed by atoms with E-state index in [-0.39, 0.29) is 0 Å². The fraction of sp³-hybridized carbons (Fsp3) is 0.200. The Morgan fingerprint density at radius 3 is 2.89 bits per heavy atom. The van der Waals surface area contributed by atoms with Gasteiger partial charge in [0.15, 0.2) is 0 Å². The number of hydrogen-bond acceptors (Lipinski definition) is 3. The monoisotopic (exact) mass is 257 g/mol. The zero-order valence-corrected chi connectivity index (χ0v) is 11.1. The molecule has 18 heavy (non-hydrogen) atoms. The van der Waals surface area contributed by atoms with Crippen molar-refractivity contribution >= 4 is 11.9 Å². The van der Waals surface area contributed by atoms with Gasteiger partial charge in [0.1, 0.15) is 11.5 Å². The number of nitrogens with one attached hydrogen (secondary N) is 1. The summed E-state index contributed by atoms with van der Waals surface area (Å²) in [5.41, 5.74) is 2.61. The zero-order valence-electron chi connectivity index (χ0n) is 10.3. The van der Waals surface area contributed by atoms with Gasteiger partial charge in [-0.05, 0) is 60.7 Å². The van der Waals surface area contributed by atoms with Crippen molar-refractivity contribution in [2.75, 3.05) is 6.54 Å². The molecule has 0 spiro atoms. The topological polar surface area (TPSA) is 21.3 Å². The van der Waals surface area contributed by atoms with Crippen LogP contribution < -0.4 is 9.46 Å². The summed E-state index contributed by atoms with van der Waals surface area (Å²) in [7, 11) is 0. The van der Waals surface area contributed by atoms with Crippen molar-refractivity contribution in [3.63, 3.8) is 0 Å². The number of rotatable bonds is 2. The second kappa shape index (κ2) is 5.04. The highest BCUT2D eigenvalue weighted by Gasteiger charge is 2.10. The van der Waals surface area contributed by atoms with Crippen LogP contribution in [0.25, 0.3) is 0 Å². The molecule has 92 valence electrons. The minimum Gasteiger partial charge on any atom is -0.457 e. The molecule has 1 N–H and O–H groups in total. The van der Waals surface area contributed by atoms with E-state index in [0.29, 0.717) is 0 Å². The Kier molecular flexibility index (Phi) is 3.26.